The van der Waals surface area contributed by atoms with Gasteiger partial charge in [-0.2, -0.15) is 0 Å². The first-order chi connectivity index (χ1) is 26.5. The van der Waals surface area contributed by atoms with E-state index in [9.17, 15) is 0 Å². The summed E-state index contributed by atoms with van der Waals surface area (Å²) < 4.78 is 26.7. The summed E-state index contributed by atoms with van der Waals surface area (Å²) in [4.78, 5) is 0. The Labute approximate surface area is 402 Å². The fourth-order valence-corrected chi connectivity index (χ4v) is 35.6. The molecule has 20 heteroatoms. The van der Waals surface area contributed by atoms with Crippen LogP contribution in [0.1, 0.15) is 25.7 Å². The number of rotatable bonds is 4. The molecule has 54 heavy (non-hydrogen) atoms. The van der Waals surface area contributed by atoms with Crippen LogP contribution in [0.4, 0.5) is 0 Å². The van der Waals surface area contributed by atoms with Gasteiger partial charge < -0.3 is 0 Å². The van der Waals surface area contributed by atoms with Crippen LogP contribution in [0.2, 0.25) is 0 Å². The fourth-order valence-electron chi connectivity index (χ4n) is 5.62. The lowest BCUT2D eigenvalue weighted by Crippen LogP contribution is -1.94. The lowest BCUT2D eigenvalue weighted by Gasteiger charge is -2.17. The van der Waals surface area contributed by atoms with E-state index in [0.717, 1.165) is 25.7 Å². The minimum Gasteiger partial charge on any atom is -0.121 e. The topological polar surface area (TPSA) is 0 Å². The number of allylic oxidation sites excluding steroid dienone is 8. The van der Waals surface area contributed by atoms with Crippen LogP contribution in [0.5, 0.6) is 0 Å². The molecule has 10 rings (SSSR count). The van der Waals surface area contributed by atoms with Crippen molar-refractivity contribution in [3.8, 4) is 0 Å². The summed E-state index contributed by atoms with van der Waals surface area (Å²) >= 11 is 39.5. The zero-order valence-corrected chi connectivity index (χ0v) is 44.6. The molecule has 8 heterocycles. The summed E-state index contributed by atoms with van der Waals surface area (Å²) in [7, 11) is 0. The molecule has 0 spiro atoms. The Balaban J connectivity index is 0.725. The van der Waals surface area contributed by atoms with Crippen molar-refractivity contribution in [3.63, 3.8) is 0 Å². The maximum Gasteiger partial charge on any atom is 0.0718 e. The lowest BCUT2D eigenvalue weighted by molar-refractivity contribution is 0.949. The summed E-state index contributed by atoms with van der Waals surface area (Å²) in [6.45, 7) is 0. The molecule has 0 fully saturated rings. The van der Waals surface area contributed by atoms with Crippen molar-refractivity contribution in [2.24, 2.45) is 0 Å². The maximum absolute atomic E-state index is 2.42. The second-order valence-electron chi connectivity index (χ2n) is 11.4. The van der Waals surface area contributed by atoms with Crippen molar-refractivity contribution in [3.05, 3.63) is 123 Å². The van der Waals surface area contributed by atoms with E-state index in [1.54, 1.807) is 0 Å². The molecule has 0 amide bonds. The summed E-state index contributed by atoms with van der Waals surface area (Å²) in [5.41, 5.74) is 6.08. The molecule has 0 saturated heterocycles. The second kappa shape index (κ2) is 18.4. The highest BCUT2D eigenvalue weighted by molar-refractivity contribution is 8.51. The van der Waals surface area contributed by atoms with Gasteiger partial charge >= 0.3 is 0 Å². The van der Waals surface area contributed by atoms with Gasteiger partial charge in [0.1, 0.15) is 0 Å². The maximum atomic E-state index is 2.42. The van der Waals surface area contributed by atoms with Crippen LogP contribution in [0.3, 0.4) is 0 Å². The third-order valence-corrected chi connectivity index (χ3v) is 37.1. The van der Waals surface area contributed by atoms with E-state index >= 15 is 0 Å². The van der Waals surface area contributed by atoms with E-state index in [-0.39, 0.29) is 0 Å². The highest BCUT2D eigenvalue weighted by Gasteiger charge is 2.38. The van der Waals surface area contributed by atoms with Crippen LogP contribution in [-0.4, -0.2) is 25.0 Å². The molecular formula is C34H24S20. The molecule has 8 aliphatic heterocycles. The van der Waals surface area contributed by atoms with Crippen LogP contribution in [0.25, 0.3) is 0 Å². The first-order valence-corrected chi connectivity index (χ1v) is 33.9. The van der Waals surface area contributed by atoms with Crippen LogP contribution in [0.15, 0.2) is 123 Å². The van der Waals surface area contributed by atoms with Gasteiger partial charge in [-0.3, -0.25) is 0 Å². The highest BCUT2D eigenvalue weighted by Crippen LogP contribution is 2.73. The van der Waals surface area contributed by atoms with E-state index in [0.29, 0.717) is 0 Å². The van der Waals surface area contributed by atoms with E-state index in [4.69, 9.17) is 0 Å². The van der Waals surface area contributed by atoms with E-state index in [1.807, 2.05) is 235 Å². The smallest absolute Gasteiger partial charge is 0.0718 e. The van der Waals surface area contributed by atoms with E-state index < -0.39 is 0 Å². The first-order valence-electron chi connectivity index (χ1n) is 16.0. The summed E-state index contributed by atoms with van der Waals surface area (Å²) in [5, 5.41) is 0. The normalized spacial score (nSPS) is 25.9. The fraction of sp³-hybridized carbons (Fsp3) is 0.235. The van der Waals surface area contributed by atoms with Crippen LogP contribution in [-0.2, 0) is 0 Å². The number of thioether (sulfide) groups is 20. The van der Waals surface area contributed by atoms with Gasteiger partial charge in [-0.25, -0.2) is 0 Å². The molecule has 2 aliphatic carbocycles. The van der Waals surface area contributed by atoms with Crippen molar-refractivity contribution >= 4 is 235 Å². The first kappa shape index (κ1) is 41.6. The van der Waals surface area contributed by atoms with Crippen molar-refractivity contribution in [1.82, 2.24) is 0 Å². The van der Waals surface area contributed by atoms with Gasteiger partial charge in [0.05, 0.1) is 76.3 Å². The average Bonchev–Trinajstić information content (AvgIpc) is 4.04. The third-order valence-electron chi connectivity index (χ3n) is 8.22. The molecule has 0 aromatic heterocycles. The predicted molar refractivity (Wildman–Crippen MR) is 290 cm³/mol. The second-order valence-corrected chi connectivity index (χ2v) is 35.6. The van der Waals surface area contributed by atoms with Crippen molar-refractivity contribution in [2.75, 3.05) is 25.0 Å². The minimum atomic E-state index is 1.14. The molecule has 0 aromatic carbocycles. The number of hydrogen-bond donors (Lipinski definition) is 0. The lowest BCUT2D eigenvalue weighted by atomic mass is 10.00. The standard InChI is InChI=1S/C34H24S20/c1-35-21-22(36-2)48-31(47-21)33-51-27-28(52-33)44-19(43-27)15-9-5-13(6-10-15)17-39-25-26(40-17)42-18(41-25)14-7-11-16(12-8-14)20-45-29-30(46-20)54-34(53-29)32-49-23(37-3)24(38-4)50-32/h5,7,9,11H,6,8,10,12H2,1-4H3. The molecule has 0 atom stereocenters. The van der Waals surface area contributed by atoms with Crippen molar-refractivity contribution in [1.29, 1.82) is 0 Å². The van der Waals surface area contributed by atoms with Gasteiger partial charge in [0.25, 0.3) is 0 Å². The Bertz CT molecular complexity index is 1960. The SMILES string of the molecule is CSC1=C(SC)SC(=C2SC3=C(SC(=C4C=CC(=C5SC6=C(S5)SC(=C5C=CC(=C7SC8=C(S7)SC(=C7SC(SC)=C(SC)S7)S8)CC5)S6)CC4)S3)S2)S1. The quantitative estimate of drug-likeness (QED) is 0.262. The molecular weight excluding hydrogens is 1050 g/mol. The van der Waals surface area contributed by atoms with Crippen LogP contribution in [0, 0.1) is 0 Å². The molecule has 0 saturated carbocycles. The summed E-state index contributed by atoms with van der Waals surface area (Å²) in [6.07, 6.45) is 23.0. The number of hydrogen-bond acceptors (Lipinski definition) is 20. The Kier molecular flexibility index (Phi) is 14.2. The van der Waals surface area contributed by atoms with Crippen molar-refractivity contribution < 1.29 is 0 Å². The van der Waals surface area contributed by atoms with Gasteiger partial charge in [-0.05, 0) is 73.0 Å². The molecule has 0 bridgehead atoms. The molecule has 0 unspecified atom stereocenters. The van der Waals surface area contributed by atoms with Gasteiger partial charge in [-0.1, -0.05) is 212 Å². The molecule has 0 radical (unpaired) electrons. The third kappa shape index (κ3) is 8.51. The zero-order valence-electron chi connectivity index (χ0n) is 28.3. The van der Waals surface area contributed by atoms with Crippen LogP contribution >= 0.6 is 235 Å². The molecule has 0 N–H and O–H groups in total. The van der Waals surface area contributed by atoms with Gasteiger partial charge in [0.15, 0.2) is 0 Å². The molecule has 10 aliphatic rings. The summed E-state index contributed by atoms with van der Waals surface area (Å²) in [5.74, 6) is 0. The van der Waals surface area contributed by atoms with E-state index in [2.05, 4.69) is 49.3 Å². The Morgan fingerprint density at radius 1 is 0.259 bits per heavy atom. The van der Waals surface area contributed by atoms with Gasteiger partial charge in [0, 0.05) is 0 Å². The molecule has 0 nitrogen and oxygen atoms in total. The monoisotopic (exact) mass is 1070 g/mol. The molecule has 280 valence electrons. The van der Waals surface area contributed by atoms with Crippen LogP contribution < -0.4 is 0 Å². The molecule has 0 aromatic rings. The minimum absolute atomic E-state index is 1.14. The average molecular weight is 1070 g/mol. The van der Waals surface area contributed by atoms with E-state index in [1.165, 1.54) is 98.6 Å². The van der Waals surface area contributed by atoms with Crippen molar-refractivity contribution in [2.45, 2.75) is 25.7 Å². The van der Waals surface area contributed by atoms with Gasteiger partial charge in [0.2, 0.25) is 0 Å². The Morgan fingerprint density at radius 2 is 0.426 bits per heavy atom. The predicted octanol–water partition coefficient (Wildman–Crippen LogP) is 19.7. The Hall–Kier alpha value is 3.62. The largest absolute Gasteiger partial charge is 0.121 e. The Morgan fingerprint density at radius 3 is 0.593 bits per heavy atom. The zero-order chi connectivity index (χ0) is 36.5. The summed E-state index contributed by atoms with van der Waals surface area (Å²) in [6, 6.07) is 0. The van der Waals surface area contributed by atoms with Gasteiger partial charge in [-0.15, -0.1) is 47.0 Å². The highest BCUT2D eigenvalue weighted by atomic mass is 32.3.